The highest BCUT2D eigenvalue weighted by Gasteiger charge is 2.29. The molecule has 0 bridgehead atoms. The third kappa shape index (κ3) is 5.81. The van der Waals surface area contributed by atoms with Crippen molar-refractivity contribution in [3.05, 3.63) is 21.4 Å². The highest BCUT2D eigenvalue weighted by atomic mass is 32.1. The van der Waals surface area contributed by atoms with Crippen LogP contribution in [-0.2, 0) is 22.4 Å². The summed E-state index contributed by atoms with van der Waals surface area (Å²) >= 11 is 1.52. The number of hydrogen-bond acceptors (Lipinski definition) is 4. The Balaban J connectivity index is 1.54. The number of carbonyl (C=O) groups excluding carboxylic acids is 3. The standard InChI is InChI=1S/C22H33N3O3S/c1-14(2)19(23-20(26)15-9-5-3-6-10-15)22(28)25-24-21(27)18-13-16-11-7-4-8-12-17(16)29-18/h13-15,19H,3-12H2,1-2H3,(H,23,26)(H,24,27)(H,25,28)/t19-/m1/s1. The third-order valence-electron chi connectivity index (χ3n) is 5.99. The first-order valence-corrected chi connectivity index (χ1v) is 11.8. The van der Waals surface area contributed by atoms with Gasteiger partial charge in [0.2, 0.25) is 5.91 Å². The fraction of sp³-hybridized carbons (Fsp3) is 0.682. The van der Waals surface area contributed by atoms with Crippen LogP contribution in [0.2, 0.25) is 0 Å². The molecule has 3 N–H and O–H groups in total. The van der Waals surface area contributed by atoms with Crippen LogP contribution in [0.3, 0.4) is 0 Å². The van der Waals surface area contributed by atoms with Crippen LogP contribution >= 0.6 is 11.3 Å². The summed E-state index contributed by atoms with van der Waals surface area (Å²) in [5.74, 6) is -0.800. The van der Waals surface area contributed by atoms with Crippen LogP contribution in [-0.4, -0.2) is 23.8 Å². The van der Waals surface area contributed by atoms with Gasteiger partial charge in [0.1, 0.15) is 6.04 Å². The van der Waals surface area contributed by atoms with E-state index in [1.807, 2.05) is 19.9 Å². The second-order valence-corrected chi connectivity index (χ2v) is 9.77. The molecule has 1 fully saturated rings. The van der Waals surface area contributed by atoms with E-state index in [1.165, 1.54) is 41.0 Å². The van der Waals surface area contributed by atoms with Crippen molar-refractivity contribution in [2.24, 2.45) is 11.8 Å². The lowest BCUT2D eigenvalue weighted by atomic mass is 9.88. The Morgan fingerprint density at radius 2 is 1.66 bits per heavy atom. The van der Waals surface area contributed by atoms with Crippen molar-refractivity contribution in [2.45, 2.75) is 84.1 Å². The van der Waals surface area contributed by atoms with Crippen molar-refractivity contribution in [2.75, 3.05) is 0 Å². The van der Waals surface area contributed by atoms with E-state index in [4.69, 9.17) is 0 Å². The van der Waals surface area contributed by atoms with Gasteiger partial charge >= 0.3 is 0 Å². The number of rotatable bonds is 5. The molecule has 0 spiro atoms. The summed E-state index contributed by atoms with van der Waals surface area (Å²) in [5.41, 5.74) is 6.32. The van der Waals surface area contributed by atoms with Crippen LogP contribution in [0.1, 0.15) is 85.3 Å². The first-order chi connectivity index (χ1) is 14.0. The largest absolute Gasteiger partial charge is 0.344 e. The zero-order valence-corrected chi connectivity index (χ0v) is 18.3. The lowest BCUT2D eigenvalue weighted by Gasteiger charge is -2.26. The molecule has 2 aliphatic carbocycles. The van der Waals surface area contributed by atoms with Gasteiger partial charge in [0.15, 0.2) is 0 Å². The van der Waals surface area contributed by atoms with Crippen LogP contribution < -0.4 is 16.2 Å². The Morgan fingerprint density at radius 3 is 2.38 bits per heavy atom. The predicted octanol–water partition coefficient (Wildman–Crippen LogP) is 3.50. The van der Waals surface area contributed by atoms with Gasteiger partial charge < -0.3 is 5.32 Å². The molecule has 1 heterocycles. The molecule has 7 heteroatoms. The zero-order chi connectivity index (χ0) is 20.8. The van der Waals surface area contributed by atoms with Crippen molar-refractivity contribution in [1.82, 2.24) is 16.2 Å². The number of thiophene rings is 1. The number of carbonyl (C=O) groups is 3. The van der Waals surface area contributed by atoms with Gasteiger partial charge in [-0.1, -0.05) is 39.5 Å². The highest BCUT2D eigenvalue weighted by molar-refractivity contribution is 7.14. The van der Waals surface area contributed by atoms with Crippen LogP contribution in [0.25, 0.3) is 0 Å². The van der Waals surface area contributed by atoms with E-state index in [-0.39, 0.29) is 29.6 Å². The molecule has 160 valence electrons. The van der Waals surface area contributed by atoms with Crippen LogP contribution in [0.15, 0.2) is 6.07 Å². The molecular formula is C22H33N3O3S. The Hall–Kier alpha value is -1.89. The van der Waals surface area contributed by atoms with Crippen molar-refractivity contribution < 1.29 is 14.4 Å². The quantitative estimate of drug-likeness (QED) is 0.504. The smallest absolute Gasteiger partial charge is 0.279 e. The molecule has 6 nitrogen and oxygen atoms in total. The molecule has 3 amide bonds. The fourth-order valence-electron chi connectivity index (χ4n) is 4.21. The van der Waals surface area contributed by atoms with Gasteiger partial charge in [0.25, 0.3) is 11.8 Å². The first kappa shape index (κ1) is 21.8. The normalized spacial score (nSPS) is 18.4. The summed E-state index contributed by atoms with van der Waals surface area (Å²) in [7, 11) is 0. The number of hydrogen-bond donors (Lipinski definition) is 3. The second kappa shape index (κ2) is 10.2. The number of amides is 3. The number of fused-ring (bicyclic) bond motifs is 1. The van der Waals surface area contributed by atoms with Gasteiger partial charge in [-0.15, -0.1) is 11.3 Å². The zero-order valence-electron chi connectivity index (χ0n) is 17.5. The molecule has 1 aromatic rings. The van der Waals surface area contributed by atoms with Crippen LogP contribution in [0, 0.1) is 11.8 Å². The number of hydrazine groups is 1. The Bertz CT molecular complexity index is 714. The first-order valence-electron chi connectivity index (χ1n) is 11.0. The van der Waals surface area contributed by atoms with Gasteiger partial charge in [-0.25, -0.2) is 0 Å². The SMILES string of the molecule is CC(C)[C@@H](NC(=O)C1CCCCC1)C(=O)NNC(=O)c1cc2c(s1)CCCCC2. The number of nitrogens with one attached hydrogen (secondary N) is 3. The van der Waals surface area contributed by atoms with E-state index in [0.717, 1.165) is 44.9 Å². The fourth-order valence-corrected chi connectivity index (χ4v) is 5.36. The molecule has 0 aromatic carbocycles. The van der Waals surface area contributed by atoms with Gasteiger partial charge in [-0.3, -0.25) is 25.2 Å². The molecule has 29 heavy (non-hydrogen) atoms. The van der Waals surface area contributed by atoms with E-state index in [0.29, 0.717) is 4.88 Å². The monoisotopic (exact) mass is 419 g/mol. The summed E-state index contributed by atoms with van der Waals surface area (Å²) in [4.78, 5) is 39.6. The van der Waals surface area contributed by atoms with Gasteiger partial charge in [0, 0.05) is 10.8 Å². The minimum absolute atomic E-state index is 0.00564. The second-order valence-electron chi connectivity index (χ2n) is 8.63. The van der Waals surface area contributed by atoms with Crippen LogP contribution in [0.4, 0.5) is 0 Å². The summed E-state index contributed by atoms with van der Waals surface area (Å²) < 4.78 is 0. The molecular weight excluding hydrogens is 386 g/mol. The van der Waals surface area contributed by atoms with Crippen molar-refractivity contribution in [3.8, 4) is 0 Å². The minimum Gasteiger partial charge on any atom is -0.344 e. The summed E-state index contributed by atoms with van der Waals surface area (Å²) in [6, 6.07) is 1.29. The lowest BCUT2D eigenvalue weighted by Crippen LogP contribution is -2.55. The topological polar surface area (TPSA) is 87.3 Å². The number of aryl methyl sites for hydroxylation is 2. The summed E-state index contributed by atoms with van der Waals surface area (Å²) in [6.45, 7) is 3.78. The molecule has 0 saturated heterocycles. The van der Waals surface area contributed by atoms with E-state index in [1.54, 1.807) is 0 Å². The highest BCUT2D eigenvalue weighted by Crippen LogP contribution is 2.29. The molecule has 0 aliphatic heterocycles. The average Bonchev–Trinajstić information content (AvgIpc) is 3.00. The van der Waals surface area contributed by atoms with Crippen molar-refractivity contribution >= 4 is 29.1 Å². The summed E-state index contributed by atoms with van der Waals surface area (Å²) in [6.07, 6.45) is 10.7. The third-order valence-corrected chi connectivity index (χ3v) is 7.23. The van der Waals surface area contributed by atoms with Gasteiger partial charge in [0.05, 0.1) is 4.88 Å². The van der Waals surface area contributed by atoms with Crippen molar-refractivity contribution in [1.29, 1.82) is 0 Å². The maximum absolute atomic E-state index is 12.6. The molecule has 2 aliphatic rings. The van der Waals surface area contributed by atoms with E-state index >= 15 is 0 Å². The van der Waals surface area contributed by atoms with Crippen LogP contribution in [0.5, 0.6) is 0 Å². The Morgan fingerprint density at radius 1 is 0.966 bits per heavy atom. The average molecular weight is 420 g/mol. The summed E-state index contributed by atoms with van der Waals surface area (Å²) in [5, 5.41) is 2.90. The van der Waals surface area contributed by atoms with Gasteiger partial charge in [-0.05, 0) is 56.1 Å². The van der Waals surface area contributed by atoms with E-state index in [2.05, 4.69) is 16.2 Å². The van der Waals surface area contributed by atoms with E-state index in [9.17, 15) is 14.4 Å². The molecule has 1 saturated carbocycles. The Kier molecular flexibility index (Phi) is 7.70. The lowest BCUT2D eigenvalue weighted by molar-refractivity contribution is -0.133. The Labute approximate surface area is 177 Å². The maximum Gasteiger partial charge on any atom is 0.279 e. The van der Waals surface area contributed by atoms with E-state index < -0.39 is 6.04 Å². The van der Waals surface area contributed by atoms with Crippen molar-refractivity contribution in [3.63, 3.8) is 0 Å². The minimum atomic E-state index is -0.662. The molecule has 0 radical (unpaired) electrons. The molecule has 1 aromatic heterocycles. The molecule has 0 unspecified atom stereocenters. The predicted molar refractivity (Wildman–Crippen MR) is 115 cm³/mol. The maximum atomic E-state index is 12.6. The molecule has 3 rings (SSSR count). The molecule has 1 atom stereocenters. The van der Waals surface area contributed by atoms with Gasteiger partial charge in [-0.2, -0.15) is 0 Å².